The highest BCUT2D eigenvalue weighted by molar-refractivity contribution is 7.88. The normalized spacial score (nSPS) is 14.5. The van der Waals surface area contributed by atoms with E-state index in [4.69, 9.17) is 10.9 Å². The topological polar surface area (TPSA) is 143 Å². The maximum atomic E-state index is 11.4. The molecule has 0 spiro atoms. The molecule has 1 atom stereocenters. The number of carbonyl (C=O) groups excluding carboxylic acids is 1. The summed E-state index contributed by atoms with van der Waals surface area (Å²) in [7, 11) is -3.12. The van der Waals surface area contributed by atoms with Gasteiger partial charge in [0, 0.05) is 0 Å². The minimum atomic E-state index is -4.14. The van der Waals surface area contributed by atoms with Gasteiger partial charge in [-0.3, -0.25) is 0 Å². The fourth-order valence-electron chi connectivity index (χ4n) is 0.948. The molecule has 0 bridgehead atoms. The van der Waals surface area contributed by atoms with Crippen molar-refractivity contribution in [3.05, 3.63) is 0 Å². The average molecular weight is 268 g/mol. The van der Waals surface area contributed by atoms with Crippen LogP contribution in [0.3, 0.4) is 0 Å². The molecule has 10 heteroatoms. The highest BCUT2D eigenvalue weighted by atomic mass is 32.2. The second-order valence-corrected chi connectivity index (χ2v) is 4.91. The molecule has 0 aliphatic heterocycles. The third-order valence-electron chi connectivity index (χ3n) is 1.79. The number of methoxy groups -OCH3 is 1. The van der Waals surface area contributed by atoms with E-state index in [0.29, 0.717) is 0 Å². The van der Waals surface area contributed by atoms with E-state index in [-0.39, 0.29) is 11.8 Å². The zero-order valence-electron chi connectivity index (χ0n) is 9.67. The van der Waals surface area contributed by atoms with Crippen molar-refractivity contribution in [1.29, 1.82) is 0 Å². The number of hydrogen-bond acceptors (Lipinski definition) is 6. The number of ether oxygens (including phenoxy) is 1. The number of nitrogens with one attached hydrogen (secondary N) is 2. The van der Waals surface area contributed by atoms with Crippen LogP contribution in [0.5, 0.6) is 0 Å². The third kappa shape index (κ3) is 5.36. The molecule has 0 saturated carbocycles. The standard InChI is InChI=1S/C7H16N4O5S/c1-4(2)5(6(8)9-13)10-17(14,15)11-7(12)16-3/h4-5,10,13H,1-3H3,(H2,8,9)(H,11,12). The van der Waals surface area contributed by atoms with Gasteiger partial charge in [-0.1, -0.05) is 19.0 Å². The second kappa shape index (κ2) is 6.25. The lowest BCUT2D eigenvalue weighted by molar-refractivity contribution is 0.177. The van der Waals surface area contributed by atoms with Crippen LogP contribution in [0.2, 0.25) is 0 Å². The van der Waals surface area contributed by atoms with Gasteiger partial charge >= 0.3 is 16.3 Å². The molecule has 0 rings (SSSR count). The molecule has 100 valence electrons. The summed E-state index contributed by atoms with van der Waals surface area (Å²) in [4.78, 5) is 10.8. The van der Waals surface area contributed by atoms with Crippen molar-refractivity contribution in [1.82, 2.24) is 9.44 Å². The Hall–Kier alpha value is -1.55. The number of nitrogens with two attached hydrogens (primary N) is 1. The molecule has 9 nitrogen and oxygen atoms in total. The number of rotatable bonds is 5. The fraction of sp³-hybridized carbons (Fsp3) is 0.714. The Kier molecular flexibility index (Phi) is 5.68. The van der Waals surface area contributed by atoms with Crippen LogP contribution in [0.25, 0.3) is 0 Å². The lowest BCUT2D eigenvalue weighted by Crippen LogP contribution is -2.52. The first-order valence-corrected chi connectivity index (χ1v) is 6.07. The van der Waals surface area contributed by atoms with E-state index in [9.17, 15) is 13.2 Å². The van der Waals surface area contributed by atoms with Crippen molar-refractivity contribution < 1.29 is 23.2 Å². The van der Waals surface area contributed by atoms with Gasteiger partial charge in [-0.25, -0.2) is 9.52 Å². The van der Waals surface area contributed by atoms with E-state index in [1.807, 2.05) is 0 Å². The molecular formula is C7H16N4O5S. The SMILES string of the molecule is COC(=O)NS(=O)(=O)NC(C(N)=NO)C(C)C. The first kappa shape index (κ1) is 15.4. The molecule has 0 aromatic carbocycles. The van der Waals surface area contributed by atoms with Crippen LogP contribution >= 0.6 is 0 Å². The summed E-state index contributed by atoms with van der Waals surface area (Å²) in [5, 5.41) is 11.2. The maximum absolute atomic E-state index is 11.4. The Morgan fingerprint density at radius 1 is 1.47 bits per heavy atom. The predicted molar refractivity (Wildman–Crippen MR) is 59.6 cm³/mol. The fourth-order valence-corrected chi connectivity index (χ4v) is 2.04. The average Bonchev–Trinajstić information content (AvgIpc) is 2.23. The van der Waals surface area contributed by atoms with Crippen molar-refractivity contribution in [2.75, 3.05) is 7.11 Å². The number of carbonyl (C=O) groups is 1. The Morgan fingerprint density at radius 2 is 2.00 bits per heavy atom. The maximum Gasteiger partial charge on any atom is 0.421 e. The molecule has 1 unspecified atom stereocenters. The van der Waals surface area contributed by atoms with Crippen molar-refractivity contribution in [3.63, 3.8) is 0 Å². The lowest BCUT2D eigenvalue weighted by Gasteiger charge is -2.20. The van der Waals surface area contributed by atoms with Crippen LogP contribution in [0.15, 0.2) is 5.16 Å². The molecular weight excluding hydrogens is 252 g/mol. The van der Waals surface area contributed by atoms with Gasteiger partial charge in [0.25, 0.3) is 0 Å². The van der Waals surface area contributed by atoms with Gasteiger partial charge in [0.15, 0.2) is 5.84 Å². The van der Waals surface area contributed by atoms with Gasteiger partial charge in [0.2, 0.25) is 0 Å². The summed E-state index contributed by atoms with van der Waals surface area (Å²) in [5.41, 5.74) is 5.32. The molecule has 0 fully saturated rings. The van der Waals surface area contributed by atoms with Crippen molar-refractivity contribution in [3.8, 4) is 0 Å². The third-order valence-corrected chi connectivity index (χ3v) is 2.79. The summed E-state index contributed by atoms with van der Waals surface area (Å²) in [6.07, 6.45) is -1.14. The van der Waals surface area contributed by atoms with E-state index in [1.165, 1.54) is 0 Å². The largest absolute Gasteiger partial charge is 0.452 e. The number of nitrogens with zero attached hydrogens (tertiary/aromatic N) is 1. The molecule has 1 amide bonds. The monoisotopic (exact) mass is 268 g/mol. The van der Waals surface area contributed by atoms with Gasteiger partial charge < -0.3 is 15.7 Å². The van der Waals surface area contributed by atoms with Gasteiger partial charge in [-0.15, -0.1) is 0 Å². The molecule has 0 aliphatic carbocycles. The van der Waals surface area contributed by atoms with Gasteiger partial charge in [0.1, 0.15) is 0 Å². The van der Waals surface area contributed by atoms with Crippen molar-refractivity contribution in [2.24, 2.45) is 16.8 Å². The quantitative estimate of drug-likeness (QED) is 0.217. The van der Waals surface area contributed by atoms with Crippen LogP contribution in [0.4, 0.5) is 4.79 Å². The van der Waals surface area contributed by atoms with Gasteiger partial charge in [-0.05, 0) is 5.92 Å². The molecule has 0 aliphatic rings. The smallest absolute Gasteiger partial charge is 0.421 e. The summed E-state index contributed by atoms with van der Waals surface area (Å²) in [5.74, 6) is -0.588. The zero-order chi connectivity index (χ0) is 13.6. The number of oxime groups is 1. The summed E-state index contributed by atoms with van der Waals surface area (Å²) >= 11 is 0. The van der Waals surface area contributed by atoms with Crippen LogP contribution in [0.1, 0.15) is 13.8 Å². The molecule has 0 aromatic rings. The first-order valence-electron chi connectivity index (χ1n) is 4.59. The lowest BCUT2D eigenvalue weighted by atomic mass is 10.1. The zero-order valence-corrected chi connectivity index (χ0v) is 10.5. The van der Waals surface area contributed by atoms with Crippen LogP contribution < -0.4 is 15.2 Å². The molecule has 0 aromatic heterocycles. The van der Waals surface area contributed by atoms with Crippen LogP contribution in [-0.2, 0) is 14.9 Å². The molecule has 0 saturated heterocycles. The molecule has 0 heterocycles. The van der Waals surface area contributed by atoms with Gasteiger partial charge in [-0.2, -0.15) is 13.1 Å². The van der Waals surface area contributed by atoms with Crippen LogP contribution in [-0.4, -0.2) is 38.7 Å². The van der Waals surface area contributed by atoms with E-state index >= 15 is 0 Å². The molecule has 5 N–H and O–H groups in total. The Morgan fingerprint density at radius 3 is 2.35 bits per heavy atom. The summed E-state index contributed by atoms with van der Waals surface area (Å²) in [6.45, 7) is 3.31. The highest BCUT2D eigenvalue weighted by Crippen LogP contribution is 2.03. The predicted octanol–water partition coefficient (Wildman–Crippen LogP) is -1.05. The molecule has 0 radical (unpaired) electrons. The minimum Gasteiger partial charge on any atom is -0.452 e. The van der Waals surface area contributed by atoms with E-state index < -0.39 is 22.3 Å². The second-order valence-electron chi connectivity index (χ2n) is 3.46. The number of amides is 1. The van der Waals surface area contributed by atoms with Crippen LogP contribution in [0, 0.1) is 5.92 Å². The highest BCUT2D eigenvalue weighted by Gasteiger charge is 2.25. The van der Waals surface area contributed by atoms with E-state index in [0.717, 1.165) is 7.11 Å². The van der Waals surface area contributed by atoms with Crippen molar-refractivity contribution >= 4 is 22.1 Å². The number of amidine groups is 1. The first-order chi connectivity index (χ1) is 7.73. The minimum absolute atomic E-state index is 0.278. The Balaban J connectivity index is 4.83. The molecule has 17 heavy (non-hydrogen) atoms. The van der Waals surface area contributed by atoms with Gasteiger partial charge in [0.05, 0.1) is 13.2 Å². The number of hydrogen-bond donors (Lipinski definition) is 4. The van der Waals surface area contributed by atoms with E-state index in [1.54, 1.807) is 18.6 Å². The Bertz CT molecular complexity index is 391. The summed E-state index contributed by atoms with van der Waals surface area (Å²) < 4.78 is 30.6. The Labute approximate surface area is 99.2 Å². The van der Waals surface area contributed by atoms with E-state index in [2.05, 4.69) is 14.6 Å². The summed E-state index contributed by atoms with van der Waals surface area (Å²) in [6, 6.07) is -0.942. The van der Waals surface area contributed by atoms with Crippen molar-refractivity contribution in [2.45, 2.75) is 19.9 Å².